The zero-order valence-corrected chi connectivity index (χ0v) is 19.1. The molecule has 0 radical (unpaired) electrons. The van der Waals surface area contributed by atoms with Crippen molar-refractivity contribution >= 4 is 25.6 Å². The van der Waals surface area contributed by atoms with Gasteiger partial charge in [-0.15, -0.1) is 0 Å². The molecular weight excluding hydrogens is 402 g/mol. The number of amides is 1. The van der Waals surface area contributed by atoms with Gasteiger partial charge in [0.15, 0.2) is 11.5 Å². The zero-order valence-electron chi connectivity index (χ0n) is 18.1. The summed E-state index contributed by atoms with van der Waals surface area (Å²) in [4.78, 5) is 36.2. The summed E-state index contributed by atoms with van der Waals surface area (Å²) in [6.07, 6.45) is 2.04. The number of ketones is 1. The minimum absolute atomic E-state index is 0.147. The number of nitrogens with zero attached hydrogens (tertiary/aromatic N) is 5. The smallest absolute Gasteiger partial charge is 0.278 e. The van der Waals surface area contributed by atoms with E-state index in [4.69, 9.17) is 4.74 Å². The van der Waals surface area contributed by atoms with E-state index in [1.54, 1.807) is 36.1 Å². The number of aromatic nitrogens is 3. The number of anilines is 1. The lowest BCUT2D eigenvalue weighted by Crippen LogP contribution is -2.55. The molecule has 10 heteroatoms. The fourth-order valence-corrected chi connectivity index (χ4v) is 3.99. The van der Waals surface area contributed by atoms with Crippen molar-refractivity contribution in [1.82, 2.24) is 19.4 Å². The normalized spacial score (nSPS) is 16.7. The molecule has 1 aliphatic rings. The summed E-state index contributed by atoms with van der Waals surface area (Å²) >= 11 is 0. The maximum atomic E-state index is 13.2. The Kier molecular flexibility index (Phi) is 6.39. The number of ether oxygens (including phenoxy) is 1. The monoisotopic (exact) mass is 431 g/mol. The highest BCUT2D eigenvalue weighted by Gasteiger charge is 2.40. The summed E-state index contributed by atoms with van der Waals surface area (Å²) in [5.74, 6) is 0.235. The molecule has 3 heterocycles. The quantitative estimate of drug-likeness (QED) is 0.504. The topological polar surface area (TPSA) is 101 Å². The molecule has 2 aromatic rings. The Bertz CT molecular complexity index is 925. The van der Waals surface area contributed by atoms with Crippen molar-refractivity contribution in [3.05, 3.63) is 30.2 Å². The molecule has 0 aromatic carbocycles. The van der Waals surface area contributed by atoms with E-state index in [9.17, 15) is 14.7 Å². The largest absolute Gasteiger partial charge is 0.361 e. The number of Topliss-reactive ketones (excluding diaryl/α,β-unsaturated/α-hetero) is 1. The van der Waals surface area contributed by atoms with E-state index in [-0.39, 0.29) is 19.1 Å². The van der Waals surface area contributed by atoms with E-state index in [1.165, 1.54) is 11.8 Å². The summed E-state index contributed by atoms with van der Waals surface area (Å²) in [6.45, 7) is 8.76. The van der Waals surface area contributed by atoms with Gasteiger partial charge < -0.3 is 14.7 Å². The van der Waals surface area contributed by atoms with Crippen LogP contribution in [-0.2, 0) is 16.3 Å². The van der Waals surface area contributed by atoms with E-state index in [2.05, 4.69) is 29.6 Å². The van der Waals surface area contributed by atoms with E-state index >= 15 is 0 Å². The van der Waals surface area contributed by atoms with Gasteiger partial charge in [-0.25, -0.2) is 4.98 Å². The first-order valence-corrected chi connectivity index (χ1v) is 13.6. The highest BCUT2D eigenvalue weighted by Crippen LogP contribution is 2.33. The molecular formula is C20H29N5O4Si. The maximum absolute atomic E-state index is 13.2. The molecule has 9 nitrogen and oxygen atoms in total. The second-order valence-corrected chi connectivity index (χ2v) is 14.3. The number of carbonyl (C=O) groups excluding carboxylic acids is 2. The molecule has 1 N–H and O–H groups in total. The second kappa shape index (κ2) is 8.66. The molecule has 30 heavy (non-hydrogen) atoms. The van der Waals surface area contributed by atoms with E-state index < -0.39 is 20.3 Å². The van der Waals surface area contributed by atoms with Gasteiger partial charge in [0.25, 0.3) is 5.91 Å². The average molecular weight is 432 g/mol. The minimum atomic E-state index is -1.27. The molecule has 162 valence electrons. The first-order chi connectivity index (χ1) is 14.1. The van der Waals surface area contributed by atoms with Crippen molar-refractivity contribution in [2.75, 3.05) is 25.1 Å². The van der Waals surface area contributed by atoms with Crippen LogP contribution in [0.15, 0.2) is 24.5 Å². The first-order valence-electron chi connectivity index (χ1n) is 9.90. The van der Waals surface area contributed by atoms with Crippen molar-refractivity contribution in [3.8, 4) is 11.4 Å². The number of hydrogen-bond donors (Lipinski definition) is 1. The molecule has 1 atom stereocenters. The number of imidazole rings is 1. The SMILES string of the molecule is CC(=O)CN1C(=O)c2c(nc(-c3ccncc3)n2COCC[Si](C)(C)C)N(C)C1O. The molecule has 0 bridgehead atoms. The third-order valence-electron chi connectivity index (χ3n) is 4.92. The summed E-state index contributed by atoms with van der Waals surface area (Å²) in [6, 6.07) is 4.61. The van der Waals surface area contributed by atoms with Crippen LogP contribution in [0.25, 0.3) is 11.4 Å². The van der Waals surface area contributed by atoms with Crippen LogP contribution in [-0.4, -0.2) is 70.9 Å². The fourth-order valence-electron chi connectivity index (χ4n) is 3.23. The lowest BCUT2D eigenvalue weighted by Gasteiger charge is -2.38. The fraction of sp³-hybridized carbons (Fsp3) is 0.500. The van der Waals surface area contributed by atoms with Crippen LogP contribution in [0.5, 0.6) is 0 Å². The first kappa shape index (κ1) is 22.1. The van der Waals surface area contributed by atoms with E-state index in [0.29, 0.717) is 23.9 Å². The Labute approximate surface area is 177 Å². The van der Waals surface area contributed by atoms with Crippen molar-refractivity contribution in [3.63, 3.8) is 0 Å². The van der Waals surface area contributed by atoms with E-state index in [0.717, 1.165) is 16.5 Å². The maximum Gasteiger partial charge on any atom is 0.278 e. The number of hydrogen-bond acceptors (Lipinski definition) is 7. The number of rotatable bonds is 8. The summed E-state index contributed by atoms with van der Waals surface area (Å²) in [5.41, 5.74) is 1.07. The number of fused-ring (bicyclic) bond motifs is 1. The average Bonchev–Trinajstić information content (AvgIpc) is 3.06. The van der Waals surface area contributed by atoms with Crippen LogP contribution in [0.1, 0.15) is 17.4 Å². The third-order valence-corrected chi connectivity index (χ3v) is 6.62. The van der Waals surface area contributed by atoms with Gasteiger partial charge in [-0.3, -0.25) is 24.0 Å². The molecule has 0 aliphatic carbocycles. The molecule has 0 spiro atoms. The van der Waals surface area contributed by atoms with Crippen LogP contribution in [0.2, 0.25) is 25.7 Å². The van der Waals surface area contributed by atoms with Crippen LogP contribution >= 0.6 is 0 Å². The Morgan fingerprint density at radius 1 is 1.27 bits per heavy atom. The lowest BCUT2D eigenvalue weighted by molar-refractivity contribution is -0.120. The third kappa shape index (κ3) is 4.60. The van der Waals surface area contributed by atoms with Gasteiger partial charge in [-0.05, 0) is 25.1 Å². The van der Waals surface area contributed by atoms with Crippen molar-refractivity contribution in [2.45, 2.75) is 45.7 Å². The highest BCUT2D eigenvalue weighted by atomic mass is 28.3. The van der Waals surface area contributed by atoms with Gasteiger partial charge in [0.2, 0.25) is 6.35 Å². The Morgan fingerprint density at radius 2 is 1.93 bits per heavy atom. The number of aliphatic hydroxyl groups is 1. The second-order valence-electron chi connectivity index (χ2n) is 8.71. The summed E-state index contributed by atoms with van der Waals surface area (Å²) < 4.78 is 7.65. The van der Waals surface area contributed by atoms with Crippen LogP contribution < -0.4 is 4.90 Å². The summed E-state index contributed by atoms with van der Waals surface area (Å²) in [5, 5.41) is 10.6. The summed E-state index contributed by atoms with van der Waals surface area (Å²) in [7, 11) is 0.381. The molecule has 0 saturated heterocycles. The molecule has 0 fully saturated rings. The van der Waals surface area contributed by atoms with Crippen molar-refractivity contribution in [2.24, 2.45) is 0 Å². The predicted molar refractivity (Wildman–Crippen MR) is 116 cm³/mol. The van der Waals surface area contributed by atoms with Gasteiger partial charge >= 0.3 is 0 Å². The lowest BCUT2D eigenvalue weighted by atomic mass is 10.2. The number of carbonyl (C=O) groups is 2. The standard InChI is InChI=1S/C20H29N5O4Si/c1-14(26)12-24-19(27)16-18(23(2)20(24)28)22-17(15-6-8-21-9-7-15)25(16)13-29-10-11-30(3,4)5/h6-9,20,28H,10-13H2,1-5H3. The number of pyridine rings is 1. The highest BCUT2D eigenvalue weighted by molar-refractivity contribution is 6.76. The van der Waals surface area contributed by atoms with Crippen LogP contribution in [0, 0.1) is 0 Å². The Balaban J connectivity index is 2.02. The van der Waals surface area contributed by atoms with Gasteiger partial charge in [0, 0.05) is 39.7 Å². The van der Waals surface area contributed by atoms with Crippen LogP contribution in [0.4, 0.5) is 5.82 Å². The molecule has 0 saturated carbocycles. The minimum Gasteiger partial charge on any atom is -0.361 e. The molecule has 1 aliphatic heterocycles. The van der Waals surface area contributed by atoms with Crippen molar-refractivity contribution < 1.29 is 19.4 Å². The van der Waals surface area contributed by atoms with Gasteiger partial charge in [0.05, 0.1) is 6.54 Å². The predicted octanol–water partition coefficient (Wildman–Crippen LogP) is 2.01. The molecule has 1 amide bonds. The molecule has 1 unspecified atom stereocenters. The van der Waals surface area contributed by atoms with E-state index in [1.807, 2.05) is 0 Å². The number of aliphatic hydroxyl groups excluding tert-OH is 1. The zero-order chi connectivity index (χ0) is 22.1. The Hall–Kier alpha value is -2.56. The van der Waals surface area contributed by atoms with Crippen molar-refractivity contribution in [1.29, 1.82) is 0 Å². The Morgan fingerprint density at radius 3 is 2.53 bits per heavy atom. The van der Waals surface area contributed by atoms with Crippen LogP contribution in [0.3, 0.4) is 0 Å². The molecule has 2 aromatic heterocycles. The van der Waals surface area contributed by atoms with Gasteiger partial charge in [-0.2, -0.15) is 0 Å². The molecule has 3 rings (SSSR count). The van der Waals surface area contributed by atoms with Gasteiger partial charge in [0.1, 0.15) is 18.3 Å². The van der Waals surface area contributed by atoms with Gasteiger partial charge in [-0.1, -0.05) is 19.6 Å².